The van der Waals surface area contributed by atoms with Crippen LogP contribution in [0.4, 0.5) is 13.2 Å². The Hall–Kier alpha value is -3.02. The quantitative estimate of drug-likeness (QED) is 0.462. The molecular formula is C24H24F3N3. The Labute approximate surface area is 174 Å². The van der Waals surface area contributed by atoms with Crippen LogP contribution in [0.3, 0.4) is 0 Å². The minimum Gasteiger partial charge on any atom is -0.256 e. The summed E-state index contributed by atoms with van der Waals surface area (Å²) in [6.45, 7) is 6.07. The number of benzene rings is 1. The molecule has 1 atom stereocenters. The van der Waals surface area contributed by atoms with E-state index in [1.165, 1.54) is 6.07 Å². The summed E-state index contributed by atoms with van der Waals surface area (Å²) in [4.78, 5) is 4.56. The van der Waals surface area contributed by atoms with Gasteiger partial charge in [0.2, 0.25) is 0 Å². The van der Waals surface area contributed by atoms with Crippen LogP contribution < -0.4 is 0 Å². The molecule has 0 saturated carbocycles. The van der Waals surface area contributed by atoms with E-state index in [0.717, 1.165) is 47.5 Å². The zero-order valence-corrected chi connectivity index (χ0v) is 17.2. The molecule has 0 radical (unpaired) electrons. The Morgan fingerprint density at radius 2 is 1.90 bits per heavy atom. The molecule has 0 N–H and O–H groups in total. The minimum atomic E-state index is -4.37. The number of halogens is 3. The van der Waals surface area contributed by atoms with Crippen molar-refractivity contribution in [1.29, 1.82) is 0 Å². The third-order valence-electron chi connectivity index (χ3n) is 5.08. The van der Waals surface area contributed by atoms with E-state index in [1.807, 2.05) is 32.0 Å². The van der Waals surface area contributed by atoms with Crippen LogP contribution in [0.5, 0.6) is 0 Å². The largest absolute Gasteiger partial charge is 0.416 e. The number of allylic oxidation sites excluding steroid dienone is 2. The van der Waals surface area contributed by atoms with Crippen LogP contribution in [0.1, 0.15) is 42.8 Å². The van der Waals surface area contributed by atoms with Gasteiger partial charge in [0.15, 0.2) is 0 Å². The highest BCUT2D eigenvalue weighted by molar-refractivity contribution is 5.69. The van der Waals surface area contributed by atoms with Crippen LogP contribution in [0.15, 0.2) is 60.9 Å². The first-order valence-corrected chi connectivity index (χ1v) is 9.87. The summed E-state index contributed by atoms with van der Waals surface area (Å²) in [5.74, 6) is 0.297. The summed E-state index contributed by atoms with van der Waals surface area (Å²) in [5.41, 5.74) is 4.27. The van der Waals surface area contributed by atoms with Crippen molar-refractivity contribution < 1.29 is 13.2 Å². The first kappa shape index (κ1) is 21.7. The van der Waals surface area contributed by atoms with Gasteiger partial charge in [-0.05, 0) is 79.6 Å². The van der Waals surface area contributed by atoms with E-state index in [-0.39, 0.29) is 0 Å². The van der Waals surface area contributed by atoms with Crippen LogP contribution in [-0.4, -0.2) is 15.2 Å². The van der Waals surface area contributed by atoms with Gasteiger partial charge < -0.3 is 0 Å². The molecule has 0 aliphatic heterocycles. The Bertz CT molecular complexity index is 1030. The smallest absolute Gasteiger partial charge is 0.256 e. The molecule has 2 aromatic heterocycles. The van der Waals surface area contributed by atoms with Crippen molar-refractivity contribution >= 4 is 5.57 Å². The molecule has 0 amide bonds. The molecule has 3 aromatic rings. The van der Waals surface area contributed by atoms with Gasteiger partial charge in [0.1, 0.15) is 0 Å². The fourth-order valence-electron chi connectivity index (χ4n) is 3.49. The number of aryl methyl sites for hydroxylation is 1. The van der Waals surface area contributed by atoms with E-state index in [0.29, 0.717) is 17.0 Å². The average molecular weight is 411 g/mol. The minimum absolute atomic E-state index is 0.297. The van der Waals surface area contributed by atoms with Crippen LogP contribution in [-0.2, 0) is 12.6 Å². The predicted octanol–water partition coefficient (Wildman–Crippen LogP) is 6.54. The second-order valence-corrected chi connectivity index (χ2v) is 7.41. The van der Waals surface area contributed by atoms with E-state index >= 15 is 0 Å². The highest BCUT2D eigenvalue weighted by Crippen LogP contribution is 2.33. The Kier molecular flexibility index (Phi) is 6.65. The molecule has 1 aromatic carbocycles. The molecular weight excluding hydrogens is 387 g/mol. The standard InChI is InChI=1S/C24H24F3N3/c1-4-18(13-22-9-6-10-29-30-22)11-16(2)23-17(3)12-20(15-28-23)19-7-5-8-21(14-19)24(25,26)27/h5-12,14-15,18H,4,13H2,1-3H3/b16-11-. The molecule has 3 rings (SSSR count). The number of hydrogen-bond acceptors (Lipinski definition) is 3. The molecule has 0 saturated heterocycles. The molecule has 0 aliphatic rings. The Morgan fingerprint density at radius 3 is 2.53 bits per heavy atom. The van der Waals surface area contributed by atoms with E-state index in [4.69, 9.17) is 0 Å². The maximum absolute atomic E-state index is 13.0. The maximum Gasteiger partial charge on any atom is 0.416 e. The number of nitrogens with zero attached hydrogens (tertiary/aromatic N) is 3. The van der Waals surface area contributed by atoms with Gasteiger partial charge in [0.05, 0.1) is 17.0 Å². The van der Waals surface area contributed by atoms with Crippen LogP contribution in [0.25, 0.3) is 16.7 Å². The van der Waals surface area contributed by atoms with Gasteiger partial charge in [0, 0.05) is 18.0 Å². The molecule has 3 nitrogen and oxygen atoms in total. The van der Waals surface area contributed by atoms with Crippen molar-refractivity contribution in [2.24, 2.45) is 5.92 Å². The Balaban J connectivity index is 1.85. The van der Waals surface area contributed by atoms with Crippen molar-refractivity contribution in [1.82, 2.24) is 15.2 Å². The lowest BCUT2D eigenvalue weighted by Crippen LogP contribution is -2.05. The summed E-state index contributed by atoms with van der Waals surface area (Å²) >= 11 is 0. The van der Waals surface area contributed by atoms with Gasteiger partial charge in [-0.3, -0.25) is 4.98 Å². The van der Waals surface area contributed by atoms with E-state index in [1.54, 1.807) is 18.5 Å². The van der Waals surface area contributed by atoms with E-state index in [9.17, 15) is 13.2 Å². The van der Waals surface area contributed by atoms with Gasteiger partial charge in [-0.15, -0.1) is 0 Å². The van der Waals surface area contributed by atoms with Crippen LogP contribution in [0.2, 0.25) is 0 Å². The molecule has 6 heteroatoms. The van der Waals surface area contributed by atoms with Crippen LogP contribution >= 0.6 is 0 Å². The zero-order valence-electron chi connectivity index (χ0n) is 17.2. The summed E-state index contributed by atoms with van der Waals surface area (Å²) in [6, 6.07) is 11.1. The lowest BCUT2D eigenvalue weighted by molar-refractivity contribution is -0.137. The molecule has 30 heavy (non-hydrogen) atoms. The zero-order chi connectivity index (χ0) is 21.7. The average Bonchev–Trinajstić information content (AvgIpc) is 2.73. The van der Waals surface area contributed by atoms with Crippen molar-refractivity contribution in [2.75, 3.05) is 0 Å². The maximum atomic E-state index is 13.0. The van der Waals surface area contributed by atoms with E-state index in [2.05, 4.69) is 28.2 Å². The SMILES string of the molecule is CCC(/C=C(/C)c1ncc(-c2cccc(C(F)(F)F)c2)cc1C)Cc1cccnn1. The molecule has 156 valence electrons. The number of pyridine rings is 1. The number of alkyl halides is 3. The monoisotopic (exact) mass is 411 g/mol. The number of rotatable bonds is 6. The van der Waals surface area contributed by atoms with Gasteiger partial charge in [-0.25, -0.2) is 0 Å². The molecule has 0 bridgehead atoms. The normalized spacial score (nSPS) is 13.3. The highest BCUT2D eigenvalue weighted by Gasteiger charge is 2.30. The van der Waals surface area contributed by atoms with Crippen LogP contribution in [0, 0.1) is 12.8 Å². The molecule has 2 heterocycles. The fourth-order valence-corrected chi connectivity index (χ4v) is 3.49. The lowest BCUT2D eigenvalue weighted by atomic mass is 9.95. The number of hydrogen-bond donors (Lipinski definition) is 0. The van der Waals surface area contributed by atoms with Crippen molar-refractivity contribution in [3.05, 3.63) is 83.4 Å². The number of aromatic nitrogens is 3. The van der Waals surface area contributed by atoms with Gasteiger partial charge in [-0.2, -0.15) is 23.4 Å². The third kappa shape index (κ3) is 5.32. The first-order valence-electron chi connectivity index (χ1n) is 9.87. The predicted molar refractivity (Wildman–Crippen MR) is 113 cm³/mol. The second kappa shape index (κ2) is 9.20. The lowest BCUT2D eigenvalue weighted by Gasteiger charge is -2.14. The van der Waals surface area contributed by atoms with Gasteiger partial charge in [-0.1, -0.05) is 25.1 Å². The van der Waals surface area contributed by atoms with Crippen molar-refractivity contribution in [3.8, 4) is 11.1 Å². The highest BCUT2D eigenvalue weighted by atomic mass is 19.4. The molecule has 0 aliphatic carbocycles. The summed E-state index contributed by atoms with van der Waals surface area (Å²) in [5, 5.41) is 8.09. The second-order valence-electron chi connectivity index (χ2n) is 7.41. The molecule has 1 unspecified atom stereocenters. The van der Waals surface area contributed by atoms with Gasteiger partial charge in [0.25, 0.3) is 0 Å². The topological polar surface area (TPSA) is 38.7 Å². The molecule has 0 spiro atoms. The third-order valence-corrected chi connectivity index (χ3v) is 5.08. The van der Waals surface area contributed by atoms with E-state index < -0.39 is 11.7 Å². The fraction of sp³-hybridized carbons (Fsp3) is 0.292. The van der Waals surface area contributed by atoms with Crippen molar-refractivity contribution in [2.45, 2.75) is 39.8 Å². The summed E-state index contributed by atoms with van der Waals surface area (Å²) < 4.78 is 39.0. The summed E-state index contributed by atoms with van der Waals surface area (Å²) in [7, 11) is 0. The van der Waals surface area contributed by atoms with Gasteiger partial charge >= 0.3 is 6.18 Å². The summed E-state index contributed by atoms with van der Waals surface area (Å²) in [6.07, 6.45) is 2.87. The first-order chi connectivity index (χ1) is 14.3. The van der Waals surface area contributed by atoms with Crippen molar-refractivity contribution in [3.63, 3.8) is 0 Å². The Morgan fingerprint density at radius 1 is 1.10 bits per heavy atom. The molecule has 0 fully saturated rings.